The van der Waals surface area contributed by atoms with Crippen LogP contribution in [-0.2, 0) is 14.3 Å². The minimum atomic E-state index is -0.874. The fraction of sp³-hybridized carbons (Fsp3) is 0.600. The molecule has 1 aromatic carbocycles. The third-order valence-corrected chi connectivity index (χ3v) is 5.81. The van der Waals surface area contributed by atoms with E-state index in [0.717, 1.165) is 50.1 Å². The van der Waals surface area contributed by atoms with Crippen LogP contribution in [0.1, 0.15) is 38.5 Å². The molecule has 4 rings (SSSR count). The zero-order valence-corrected chi connectivity index (χ0v) is 15.1. The Balaban J connectivity index is 1.45. The van der Waals surface area contributed by atoms with Crippen LogP contribution in [0.15, 0.2) is 24.3 Å². The summed E-state index contributed by atoms with van der Waals surface area (Å²) in [4.78, 5) is 27.9. The topological polar surface area (TPSA) is 70.7 Å². The van der Waals surface area contributed by atoms with Crippen LogP contribution >= 0.6 is 0 Å². The van der Waals surface area contributed by atoms with Gasteiger partial charge in [-0.15, -0.1) is 0 Å². The fourth-order valence-corrected chi connectivity index (χ4v) is 3.98. The highest BCUT2D eigenvalue weighted by atomic mass is 16.5. The van der Waals surface area contributed by atoms with Gasteiger partial charge in [0.1, 0.15) is 5.41 Å². The standard InChI is InChI=1S/C20H27N3O3/c24-18(21-15-5-1-2-6-15)20(9-10-20)19(25)22-16-7-3-4-8-17(16)23-11-13-26-14-12-23/h3-4,7-8,15H,1-2,5-6,9-14H2,(H,21,24)(H,22,25). The van der Waals surface area contributed by atoms with Crippen LogP contribution in [0, 0.1) is 5.41 Å². The maximum absolute atomic E-state index is 12.9. The molecule has 2 N–H and O–H groups in total. The number of ether oxygens (including phenoxy) is 1. The number of rotatable bonds is 5. The fourth-order valence-electron chi connectivity index (χ4n) is 3.98. The minimum absolute atomic E-state index is 0.0919. The van der Waals surface area contributed by atoms with Gasteiger partial charge in [0, 0.05) is 19.1 Å². The second-order valence-electron chi connectivity index (χ2n) is 7.61. The molecule has 0 spiro atoms. The molecule has 1 aromatic rings. The first kappa shape index (κ1) is 17.3. The summed E-state index contributed by atoms with van der Waals surface area (Å²) in [5, 5.41) is 6.13. The van der Waals surface area contributed by atoms with Crippen molar-refractivity contribution in [1.29, 1.82) is 0 Å². The van der Waals surface area contributed by atoms with E-state index in [1.165, 1.54) is 0 Å². The van der Waals surface area contributed by atoms with E-state index >= 15 is 0 Å². The van der Waals surface area contributed by atoms with Crippen molar-refractivity contribution in [3.8, 4) is 0 Å². The number of para-hydroxylation sites is 2. The Bertz CT molecular complexity index is 675. The highest BCUT2D eigenvalue weighted by Gasteiger charge is 2.57. The number of hydrogen-bond donors (Lipinski definition) is 2. The molecule has 2 aliphatic carbocycles. The molecule has 0 aromatic heterocycles. The predicted molar refractivity (Wildman–Crippen MR) is 100 cm³/mol. The Labute approximate surface area is 154 Å². The minimum Gasteiger partial charge on any atom is -0.378 e. The number of benzene rings is 1. The van der Waals surface area contributed by atoms with Gasteiger partial charge in [-0.1, -0.05) is 25.0 Å². The molecule has 1 heterocycles. The summed E-state index contributed by atoms with van der Waals surface area (Å²) in [6.45, 7) is 2.99. The van der Waals surface area contributed by atoms with E-state index in [1.807, 2.05) is 24.3 Å². The summed E-state index contributed by atoms with van der Waals surface area (Å²) in [5.41, 5.74) is 0.899. The molecule has 140 valence electrons. The average molecular weight is 357 g/mol. The summed E-state index contributed by atoms with van der Waals surface area (Å²) < 4.78 is 5.42. The quantitative estimate of drug-likeness (QED) is 0.794. The van der Waals surface area contributed by atoms with Crippen molar-refractivity contribution in [2.24, 2.45) is 5.41 Å². The molecule has 0 unspecified atom stereocenters. The molecule has 3 fully saturated rings. The van der Waals surface area contributed by atoms with Gasteiger partial charge in [-0.05, 0) is 37.8 Å². The molecule has 0 atom stereocenters. The zero-order valence-electron chi connectivity index (χ0n) is 15.1. The Morgan fingerprint density at radius 3 is 2.42 bits per heavy atom. The summed E-state index contributed by atoms with van der Waals surface area (Å²) in [6.07, 6.45) is 5.66. The molecule has 2 saturated carbocycles. The van der Waals surface area contributed by atoms with E-state index in [2.05, 4.69) is 15.5 Å². The number of morpholine rings is 1. The number of anilines is 2. The third-order valence-electron chi connectivity index (χ3n) is 5.81. The molecule has 2 amide bonds. The zero-order chi connectivity index (χ0) is 18.0. The first-order valence-corrected chi connectivity index (χ1v) is 9.73. The Hall–Kier alpha value is -2.08. The lowest BCUT2D eigenvalue weighted by molar-refractivity contribution is -0.134. The Morgan fingerprint density at radius 1 is 1.04 bits per heavy atom. The van der Waals surface area contributed by atoms with Gasteiger partial charge in [0.25, 0.3) is 0 Å². The maximum Gasteiger partial charge on any atom is 0.240 e. The number of nitrogens with one attached hydrogen (secondary N) is 2. The van der Waals surface area contributed by atoms with Crippen molar-refractivity contribution < 1.29 is 14.3 Å². The lowest BCUT2D eigenvalue weighted by atomic mass is 10.0. The van der Waals surface area contributed by atoms with Crippen LogP contribution in [0.5, 0.6) is 0 Å². The average Bonchev–Trinajstić information content (AvgIpc) is 3.34. The normalized spacial score (nSPS) is 22.1. The molecule has 1 saturated heterocycles. The molecule has 6 heteroatoms. The van der Waals surface area contributed by atoms with Gasteiger partial charge in [-0.3, -0.25) is 9.59 Å². The van der Waals surface area contributed by atoms with E-state index in [0.29, 0.717) is 26.1 Å². The number of carbonyl (C=O) groups is 2. The molecular weight excluding hydrogens is 330 g/mol. The summed E-state index contributed by atoms with van der Waals surface area (Å²) in [7, 11) is 0. The van der Waals surface area contributed by atoms with Gasteiger partial charge < -0.3 is 20.3 Å². The van der Waals surface area contributed by atoms with E-state index in [1.54, 1.807) is 0 Å². The molecule has 0 radical (unpaired) electrons. The van der Waals surface area contributed by atoms with E-state index in [9.17, 15) is 9.59 Å². The molecule has 1 aliphatic heterocycles. The molecule has 0 bridgehead atoms. The van der Waals surface area contributed by atoms with Crippen LogP contribution in [-0.4, -0.2) is 44.2 Å². The molecule has 3 aliphatic rings. The highest BCUT2D eigenvalue weighted by molar-refractivity contribution is 6.13. The molecule has 6 nitrogen and oxygen atoms in total. The molecular formula is C20H27N3O3. The number of carbonyl (C=O) groups excluding carboxylic acids is 2. The van der Waals surface area contributed by atoms with Crippen LogP contribution in [0.25, 0.3) is 0 Å². The highest BCUT2D eigenvalue weighted by Crippen LogP contribution is 2.47. The van der Waals surface area contributed by atoms with Crippen molar-refractivity contribution in [2.75, 3.05) is 36.5 Å². The monoisotopic (exact) mass is 357 g/mol. The van der Waals surface area contributed by atoms with Gasteiger partial charge in [0.15, 0.2) is 0 Å². The SMILES string of the molecule is O=C(Nc1ccccc1N1CCOCC1)C1(C(=O)NC2CCCC2)CC1. The number of hydrogen-bond acceptors (Lipinski definition) is 4. The van der Waals surface area contributed by atoms with E-state index < -0.39 is 5.41 Å². The third kappa shape index (κ3) is 3.43. The summed E-state index contributed by atoms with van der Waals surface area (Å²) in [5.74, 6) is -0.264. The predicted octanol–water partition coefficient (Wildman–Crippen LogP) is 2.30. The lowest BCUT2D eigenvalue weighted by Gasteiger charge is -2.30. The number of amides is 2. The van der Waals surface area contributed by atoms with Gasteiger partial charge in [0.05, 0.1) is 24.6 Å². The van der Waals surface area contributed by atoms with E-state index in [-0.39, 0.29) is 17.9 Å². The number of nitrogens with zero attached hydrogens (tertiary/aromatic N) is 1. The first-order valence-electron chi connectivity index (χ1n) is 9.73. The Kier molecular flexibility index (Phi) is 4.85. The second-order valence-corrected chi connectivity index (χ2v) is 7.61. The maximum atomic E-state index is 12.9. The van der Waals surface area contributed by atoms with Gasteiger partial charge in [0.2, 0.25) is 11.8 Å². The molecule has 26 heavy (non-hydrogen) atoms. The second kappa shape index (κ2) is 7.27. The lowest BCUT2D eigenvalue weighted by Crippen LogP contribution is -2.44. The van der Waals surface area contributed by atoms with Gasteiger partial charge >= 0.3 is 0 Å². The van der Waals surface area contributed by atoms with Crippen LogP contribution < -0.4 is 15.5 Å². The van der Waals surface area contributed by atoms with Crippen LogP contribution in [0.2, 0.25) is 0 Å². The van der Waals surface area contributed by atoms with Crippen molar-refractivity contribution in [1.82, 2.24) is 5.32 Å². The van der Waals surface area contributed by atoms with Crippen molar-refractivity contribution in [3.63, 3.8) is 0 Å². The largest absolute Gasteiger partial charge is 0.378 e. The van der Waals surface area contributed by atoms with Gasteiger partial charge in [-0.25, -0.2) is 0 Å². The van der Waals surface area contributed by atoms with E-state index in [4.69, 9.17) is 4.74 Å². The van der Waals surface area contributed by atoms with Crippen molar-refractivity contribution >= 4 is 23.2 Å². The Morgan fingerprint density at radius 2 is 1.73 bits per heavy atom. The van der Waals surface area contributed by atoms with Crippen molar-refractivity contribution in [3.05, 3.63) is 24.3 Å². The first-order chi connectivity index (χ1) is 12.7. The summed E-state index contributed by atoms with van der Waals surface area (Å²) in [6, 6.07) is 8.05. The smallest absolute Gasteiger partial charge is 0.240 e. The van der Waals surface area contributed by atoms with Crippen LogP contribution in [0.3, 0.4) is 0 Å². The van der Waals surface area contributed by atoms with Gasteiger partial charge in [-0.2, -0.15) is 0 Å². The summed E-state index contributed by atoms with van der Waals surface area (Å²) >= 11 is 0. The van der Waals surface area contributed by atoms with Crippen LogP contribution in [0.4, 0.5) is 11.4 Å². The van der Waals surface area contributed by atoms with Crippen molar-refractivity contribution in [2.45, 2.75) is 44.6 Å².